The van der Waals surface area contributed by atoms with Crippen molar-refractivity contribution in [1.29, 1.82) is 0 Å². The van der Waals surface area contributed by atoms with Crippen LogP contribution in [0.15, 0.2) is 52.4 Å². The number of rotatable bonds is 5. The van der Waals surface area contributed by atoms with E-state index >= 15 is 0 Å². The molecule has 0 radical (unpaired) electrons. The highest BCUT2D eigenvalue weighted by atomic mass is 32.2. The smallest absolute Gasteiger partial charge is 0.177 e. The molecule has 6 nitrogen and oxygen atoms in total. The quantitative estimate of drug-likeness (QED) is 0.647. The summed E-state index contributed by atoms with van der Waals surface area (Å²) in [5.41, 5.74) is 2.60. The molecule has 1 heterocycles. The van der Waals surface area contributed by atoms with Gasteiger partial charge in [-0.05, 0) is 42.2 Å². The van der Waals surface area contributed by atoms with Gasteiger partial charge < -0.3 is 9.47 Å². The van der Waals surface area contributed by atoms with Gasteiger partial charge in [-0.25, -0.2) is 8.89 Å². The van der Waals surface area contributed by atoms with Gasteiger partial charge in [0.15, 0.2) is 5.03 Å². The van der Waals surface area contributed by atoms with Crippen LogP contribution in [-0.2, 0) is 16.2 Å². The van der Waals surface area contributed by atoms with Gasteiger partial charge in [-0.2, -0.15) is 0 Å². The van der Waals surface area contributed by atoms with E-state index in [0.29, 0.717) is 32.8 Å². The van der Waals surface area contributed by atoms with Crippen molar-refractivity contribution in [2.75, 3.05) is 14.2 Å². The largest absolute Gasteiger partial charge is 0.497 e. The summed E-state index contributed by atoms with van der Waals surface area (Å²) in [5, 5.41) is 8.82. The molecule has 7 heteroatoms. The van der Waals surface area contributed by atoms with E-state index in [1.165, 1.54) is 5.56 Å². The summed E-state index contributed by atoms with van der Waals surface area (Å²) in [6.45, 7) is 8.29. The third-order valence-corrected chi connectivity index (χ3v) is 6.01. The van der Waals surface area contributed by atoms with E-state index in [4.69, 9.17) is 9.47 Å². The first-order chi connectivity index (χ1) is 13.3. The molecule has 0 aliphatic carbocycles. The Kier molecular flexibility index (Phi) is 5.56. The van der Waals surface area contributed by atoms with Crippen LogP contribution in [0.1, 0.15) is 32.0 Å². The summed E-state index contributed by atoms with van der Waals surface area (Å²) in [6, 6.07) is 13.2. The predicted octanol–water partition coefficient (Wildman–Crippen LogP) is 4.06. The van der Waals surface area contributed by atoms with E-state index in [-0.39, 0.29) is 5.41 Å². The van der Waals surface area contributed by atoms with Crippen molar-refractivity contribution in [3.05, 3.63) is 53.7 Å². The van der Waals surface area contributed by atoms with Crippen molar-refractivity contribution in [3.63, 3.8) is 0 Å². The van der Waals surface area contributed by atoms with Crippen molar-refractivity contribution in [2.45, 2.75) is 43.0 Å². The van der Waals surface area contributed by atoms with Crippen LogP contribution in [0.25, 0.3) is 5.69 Å². The van der Waals surface area contributed by atoms with Gasteiger partial charge in [-0.15, -0.1) is 5.10 Å². The molecule has 1 unspecified atom stereocenters. The lowest BCUT2D eigenvalue weighted by atomic mass is 9.87. The zero-order valence-electron chi connectivity index (χ0n) is 17.0. The molecule has 1 aromatic heterocycles. The number of ether oxygens (including phenoxy) is 2. The summed E-state index contributed by atoms with van der Waals surface area (Å²) in [5.74, 6) is 1.30. The summed E-state index contributed by atoms with van der Waals surface area (Å²) in [7, 11) is 1.76. The molecule has 0 bridgehead atoms. The minimum Gasteiger partial charge on any atom is -0.497 e. The number of hydrogen-bond acceptors (Lipinski definition) is 5. The molecule has 0 N–H and O–H groups in total. The molecule has 1 atom stereocenters. The van der Waals surface area contributed by atoms with Crippen LogP contribution in [-0.4, -0.2) is 33.4 Å². The summed E-state index contributed by atoms with van der Waals surface area (Å²) in [6.07, 6.45) is 0. The molecule has 28 heavy (non-hydrogen) atoms. The second kappa shape index (κ2) is 7.75. The van der Waals surface area contributed by atoms with Crippen LogP contribution in [0, 0.1) is 6.92 Å². The Labute approximate surface area is 167 Å². The van der Waals surface area contributed by atoms with E-state index in [2.05, 4.69) is 31.1 Å². The highest BCUT2D eigenvalue weighted by Gasteiger charge is 2.21. The zero-order chi connectivity index (χ0) is 20.5. The SMILES string of the molecule is COc1ccc(OC)c(-n2nnc(S(=O)c3ccc(C(C)(C)C)cc3)c2C)c1. The Hall–Kier alpha value is -2.67. The van der Waals surface area contributed by atoms with Crippen LogP contribution in [0.5, 0.6) is 11.5 Å². The lowest BCUT2D eigenvalue weighted by molar-refractivity contribution is 0.400. The molecule has 0 aliphatic rings. The Morgan fingerprint density at radius 3 is 2.25 bits per heavy atom. The minimum atomic E-state index is -1.43. The van der Waals surface area contributed by atoms with Gasteiger partial charge in [0.2, 0.25) is 0 Å². The second-order valence-corrected chi connectivity index (χ2v) is 8.87. The molecule has 0 fully saturated rings. The van der Waals surface area contributed by atoms with Crippen LogP contribution in [0.2, 0.25) is 0 Å². The number of hydrogen-bond donors (Lipinski definition) is 0. The monoisotopic (exact) mass is 399 g/mol. The molecular weight excluding hydrogens is 374 g/mol. The molecule has 3 rings (SSSR count). The van der Waals surface area contributed by atoms with Gasteiger partial charge in [-0.3, -0.25) is 0 Å². The first-order valence-corrected chi connectivity index (χ1v) is 10.1. The highest BCUT2D eigenvalue weighted by molar-refractivity contribution is 7.85. The number of aromatic nitrogens is 3. The zero-order valence-corrected chi connectivity index (χ0v) is 17.8. The Morgan fingerprint density at radius 2 is 1.68 bits per heavy atom. The van der Waals surface area contributed by atoms with Crippen LogP contribution >= 0.6 is 0 Å². The molecule has 148 valence electrons. The lowest BCUT2D eigenvalue weighted by Gasteiger charge is -2.18. The second-order valence-electron chi connectivity index (χ2n) is 7.47. The summed E-state index contributed by atoms with van der Waals surface area (Å²) < 4.78 is 25.4. The van der Waals surface area contributed by atoms with Gasteiger partial charge in [0.1, 0.15) is 28.0 Å². The van der Waals surface area contributed by atoms with Gasteiger partial charge >= 0.3 is 0 Å². The van der Waals surface area contributed by atoms with Gasteiger partial charge in [0.25, 0.3) is 0 Å². The average Bonchev–Trinajstić information content (AvgIpc) is 3.07. The fraction of sp³-hybridized carbons (Fsp3) is 0.333. The molecule has 0 saturated heterocycles. The number of methoxy groups -OCH3 is 2. The molecule has 2 aromatic carbocycles. The maximum Gasteiger partial charge on any atom is 0.177 e. The maximum absolute atomic E-state index is 13.1. The standard InChI is InChI=1S/C21H25N3O3S/c1-14-20(28(25)17-10-7-15(8-11-17)21(2,3)4)22-23-24(14)18-13-16(26-5)9-12-19(18)27-6/h7-13H,1-6H3. The fourth-order valence-electron chi connectivity index (χ4n) is 2.87. The van der Waals surface area contributed by atoms with E-state index in [0.717, 1.165) is 0 Å². The third kappa shape index (κ3) is 3.80. The van der Waals surface area contributed by atoms with Crippen molar-refractivity contribution in [2.24, 2.45) is 0 Å². The summed E-state index contributed by atoms with van der Waals surface area (Å²) >= 11 is 0. The Bertz CT molecular complexity index is 1000. The van der Waals surface area contributed by atoms with Crippen LogP contribution < -0.4 is 9.47 Å². The molecule has 0 spiro atoms. The summed E-state index contributed by atoms with van der Waals surface area (Å²) in [4.78, 5) is 0.695. The molecule has 0 aliphatic heterocycles. The lowest BCUT2D eigenvalue weighted by Crippen LogP contribution is -2.10. The van der Waals surface area contributed by atoms with Crippen molar-refractivity contribution >= 4 is 10.8 Å². The van der Waals surface area contributed by atoms with E-state index in [9.17, 15) is 4.21 Å². The molecule has 0 saturated carbocycles. The Balaban J connectivity index is 1.98. The molecule has 0 amide bonds. The van der Waals surface area contributed by atoms with Gasteiger partial charge in [-0.1, -0.05) is 38.1 Å². The van der Waals surface area contributed by atoms with E-state index < -0.39 is 10.8 Å². The third-order valence-electron chi connectivity index (χ3n) is 4.58. The van der Waals surface area contributed by atoms with E-state index in [1.54, 1.807) is 25.0 Å². The van der Waals surface area contributed by atoms with Crippen molar-refractivity contribution in [3.8, 4) is 17.2 Å². The highest BCUT2D eigenvalue weighted by Crippen LogP contribution is 2.30. The fourth-order valence-corrected chi connectivity index (χ4v) is 3.94. The normalized spacial score (nSPS) is 12.6. The van der Waals surface area contributed by atoms with Gasteiger partial charge in [0, 0.05) is 11.0 Å². The first-order valence-electron chi connectivity index (χ1n) is 8.93. The predicted molar refractivity (Wildman–Crippen MR) is 109 cm³/mol. The molecule has 3 aromatic rings. The maximum atomic E-state index is 13.1. The average molecular weight is 400 g/mol. The molecular formula is C21H25N3O3S. The topological polar surface area (TPSA) is 66.2 Å². The number of benzene rings is 2. The van der Waals surface area contributed by atoms with Crippen molar-refractivity contribution in [1.82, 2.24) is 15.0 Å². The van der Waals surface area contributed by atoms with Gasteiger partial charge in [0.05, 0.1) is 19.9 Å². The Morgan fingerprint density at radius 1 is 1.00 bits per heavy atom. The van der Waals surface area contributed by atoms with Crippen LogP contribution in [0.3, 0.4) is 0 Å². The first kappa shape index (κ1) is 20.1. The minimum absolute atomic E-state index is 0.0436. The van der Waals surface area contributed by atoms with Crippen LogP contribution in [0.4, 0.5) is 0 Å². The number of nitrogens with zero attached hydrogens (tertiary/aromatic N) is 3. The van der Waals surface area contributed by atoms with Crippen molar-refractivity contribution < 1.29 is 13.7 Å². The van der Waals surface area contributed by atoms with E-state index in [1.807, 2.05) is 43.3 Å².